The molecular weight excluding hydrogens is 234 g/mol. The lowest BCUT2D eigenvalue weighted by Crippen LogP contribution is -2.50. The van der Waals surface area contributed by atoms with Gasteiger partial charge in [-0.25, -0.2) is 0 Å². The Balaban J connectivity index is 1.75. The van der Waals surface area contributed by atoms with Gasteiger partial charge in [-0.2, -0.15) is 0 Å². The number of nitrogens with zero attached hydrogens (tertiary/aromatic N) is 1. The van der Waals surface area contributed by atoms with Gasteiger partial charge in [0.05, 0.1) is 0 Å². The molecule has 3 N–H and O–H groups in total. The highest BCUT2D eigenvalue weighted by molar-refractivity contribution is 4.87. The molecule has 0 aromatic rings. The normalized spacial score (nSPS) is 29.1. The summed E-state index contributed by atoms with van der Waals surface area (Å²) in [5.41, 5.74) is 5.74. The summed E-state index contributed by atoms with van der Waals surface area (Å²) in [7, 11) is 0. The minimum atomic E-state index is 0.697. The number of hydrogen-bond donors (Lipinski definition) is 2. The quantitative estimate of drug-likeness (QED) is 0.707. The van der Waals surface area contributed by atoms with Crippen LogP contribution in [-0.2, 0) is 0 Å². The molecule has 1 aliphatic heterocycles. The van der Waals surface area contributed by atoms with Crippen molar-refractivity contribution >= 4 is 0 Å². The highest BCUT2D eigenvalue weighted by Gasteiger charge is 2.31. The first-order valence-electron chi connectivity index (χ1n) is 8.33. The summed E-state index contributed by atoms with van der Waals surface area (Å²) in [4.78, 5) is 2.59. The maximum Gasteiger partial charge on any atom is 0.0198 e. The number of piperidine rings is 1. The van der Waals surface area contributed by atoms with Crippen LogP contribution in [0.1, 0.15) is 46.0 Å². The van der Waals surface area contributed by atoms with E-state index in [9.17, 15) is 0 Å². The van der Waals surface area contributed by atoms with Crippen LogP contribution < -0.4 is 11.1 Å². The molecular formula is C16H33N3. The van der Waals surface area contributed by atoms with E-state index >= 15 is 0 Å². The largest absolute Gasteiger partial charge is 0.329 e. The van der Waals surface area contributed by atoms with Crippen molar-refractivity contribution in [1.82, 2.24) is 10.2 Å². The van der Waals surface area contributed by atoms with Crippen LogP contribution in [0.15, 0.2) is 0 Å². The number of nitrogens with two attached hydrogens (primary N) is 1. The monoisotopic (exact) mass is 267 g/mol. The van der Waals surface area contributed by atoms with E-state index in [2.05, 4.69) is 24.1 Å². The smallest absolute Gasteiger partial charge is 0.0198 e. The molecule has 2 unspecified atom stereocenters. The lowest BCUT2D eigenvalue weighted by molar-refractivity contribution is 0.135. The Kier molecular flexibility index (Phi) is 6.11. The summed E-state index contributed by atoms with van der Waals surface area (Å²) >= 11 is 0. The van der Waals surface area contributed by atoms with Gasteiger partial charge >= 0.3 is 0 Å². The van der Waals surface area contributed by atoms with Gasteiger partial charge in [-0.15, -0.1) is 0 Å². The van der Waals surface area contributed by atoms with Crippen LogP contribution in [0.3, 0.4) is 0 Å². The van der Waals surface area contributed by atoms with Crippen LogP contribution in [0.4, 0.5) is 0 Å². The maximum atomic E-state index is 5.74. The fraction of sp³-hybridized carbons (Fsp3) is 1.00. The van der Waals surface area contributed by atoms with E-state index in [1.54, 1.807) is 0 Å². The van der Waals surface area contributed by atoms with Gasteiger partial charge in [-0.3, -0.25) is 0 Å². The number of likely N-dealkylation sites (tertiary alicyclic amines) is 1. The molecule has 1 heterocycles. The van der Waals surface area contributed by atoms with Crippen molar-refractivity contribution in [1.29, 1.82) is 0 Å². The minimum absolute atomic E-state index is 0.697. The molecule has 0 amide bonds. The predicted octanol–water partition coefficient (Wildman–Crippen LogP) is 2.07. The molecule has 2 aliphatic rings. The van der Waals surface area contributed by atoms with Crippen molar-refractivity contribution in [2.24, 2.45) is 23.5 Å². The zero-order chi connectivity index (χ0) is 13.7. The van der Waals surface area contributed by atoms with Crippen molar-refractivity contribution in [2.75, 3.05) is 32.7 Å². The fourth-order valence-corrected chi connectivity index (χ4v) is 3.39. The Morgan fingerprint density at radius 3 is 2.63 bits per heavy atom. The molecule has 1 saturated carbocycles. The van der Waals surface area contributed by atoms with Crippen LogP contribution in [-0.4, -0.2) is 43.7 Å². The highest BCUT2D eigenvalue weighted by Crippen LogP contribution is 2.37. The standard InChI is InChI=1S/C16H33N3/c1-13(2)5-7-18-16-10-15(9-14-3-4-14)11-19(12-16)8-6-17/h13-16,18H,3-12,17H2,1-2H3. The average Bonchev–Trinajstić information content (AvgIpc) is 3.12. The van der Waals surface area contributed by atoms with E-state index in [-0.39, 0.29) is 0 Å². The predicted molar refractivity (Wildman–Crippen MR) is 82.2 cm³/mol. The minimum Gasteiger partial charge on any atom is -0.329 e. The third kappa shape index (κ3) is 5.80. The zero-order valence-corrected chi connectivity index (χ0v) is 12.9. The van der Waals surface area contributed by atoms with Gasteiger partial charge in [-0.05, 0) is 43.6 Å². The Morgan fingerprint density at radius 1 is 1.21 bits per heavy atom. The van der Waals surface area contributed by atoms with Crippen LogP contribution in [0, 0.1) is 17.8 Å². The summed E-state index contributed by atoms with van der Waals surface area (Å²) < 4.78 is 0. The molecule has 2 atom stereocenters. The van der Waals surface area contributed by atoms with Crippen molar-refractivity contribution in [3.63, 3.8) is 0 Å². The summed E-state index contributed by atoms with van der Waals surface area (Å²) in [5, 5.41) is 3.78. The molecule has 0 aromatic carbocycles. The van der Waals surface area contributed by atoms with Crippen LogP contribution in [0.5, 0.6) is 0 Å². The molecule has 1 saturated heterocycles. The second-order valence-corrected chi connectivity index (χ2v) is 7.16. The Labute approximate surface area is 119 Å². The third-order valence-corrected chi connectivity index (χ3v) is 4.58. The Bertz CT molecular complexity index is 250. The van der Waals surface area contributed by atoms with E-state index in [0.29, 0.717) is 6.04 Å². The summed E-state index contributed by atoms with van der Waals surface area (Å²) in [6.07, 6.45) is 7.11. The van der Waals surface area contributed by atoms with E-state index in [1.807, 2.05) is 0 Å². The molecule has 3 heteroatoms. The van der Waals surface area contributed by atoms with Gasteiger partial charge in [0.15, 0.2) is 0 Å². The third-order valence-electron chi connectivity index (χ3n) is 4.58. The Hall–Kier alpha value is -0.120. The van der Waals surface area contributed by atoms with Crippen molar-refractivity contribution in [3.8, 4) is 0 Å². The van der Waals surface area contributed by atoms with Gasteiger partial charge in [0.1, 0.15) is 0 Å². The Morgan fingerprint density at radius 2 is 2.00 bits per heavy atom. The van der Waals surface area contributed by atoms with Gasteiger partial charge in [0.25, 0.3) is 0 Å². The second-order valence-electron chi connectivity index (χ2n) is 7.16. The SMILES string of the molecule is CC(C)CCNC1CC(CC2CC2)CN(CCN)C1. The van der Waals surface area contributed by atoms with E-state index < -0.39 is 0 Å². The lowest BCUT2D eigenvalue weighted by atomic mass is 9.89. The van der Waals surface area contributed by atoms with Gasteiger partial charge in [0, 0.05) is 32.2 Å². The summed E-state index contributed by atoms with van der Waals surface area (Å²) in [6, 6.07) is 0.697. The second kappa shape index (κ2) is 7.61. The van der Waals surface area contributed by atoms with Crippen molar-refractivity contribution in [2.45, 2.75) is 52.0 Å². The molecule has 0 radical (unpaired) electrons. The van der Waals surface area contributed by atoms with E-state index in [0.717, 1.165) is 30.8 Å². The molecule has 2 rings (SSSR count). The molecule has 0 aromatic heterocycles. The van der Waals surface area contributed by atoms with E-state index in [4.69, 9.17) is 5.73 Å². The fourth-order valence-electron chi connectivity index (χ4n) is 3.39. The molecule has 112 valence electrons. The number of hydrogen-bond acceptors (Lipinski definition) is 3. The van der Waals surface area contributed by atoms with Crippen molar-refractivity contribution < 1.29 is 0 Å². The first kappa shape index (κ1) is 15.3. The molecule has 0 bridgehead atoms. The molecule has 0 spiro atoms. The molecule has 2 fully saturated rings. The van der Waals surface area contributed by atoms with Crippen LogP contribution >= 0.6 is 0 Å². The van der Waals surface area contributed by atoms with Gasteiger partial charge < -0.3 is 16.0 Å². The number of nitrogens with one attached hydrogen (secondary N) is 1. The topological polar surface area (TPSA) is 41.3 Å². The first-order chi connectivity index (χ1) is 9.17. The summed E-state index contributed by atoms with van der Waals surface area (Å²) in [5.74, 6) is 2.77. The lowest BCUT2D eigenvalue weighted by Gasteiger charge is -2.38. The summed E-state index contributed by atoms with van der Waals surface area (Å²) in [6.45, 7) is 10.2. The number of rotatable bonds is 8. The van der Waals surface area contributed by atoms with Crippen LogP contribution in [0.2, 0.25) is 0 Å². The molecule has 19 heavy (non-hydrogen) atoms. The van der Waals surface area contributed by atoms with Gasteiger partial charge in [-0.1, -0.05) is 26.7 Å². The average molecular weight is 267 g/mol. The van der Waals surface area contributed by atoms with Crippen LogP contribution in [0.25, 0.3) is 0 Å². The highest BCUT2D eigenvalue weighted by atomic mass is 15.2. The molecule has 1 aliphatic carbocycles. The van der Waals surface area contributed by atoms with Gasteiger partial charge in [0.2, 0.25) is 0 Å². The van der Waals surface area contributed by atoms with E-state index in [1.165, 1.54) is 51.7 Å². The maximum absolute atomic E-state index is 5.74. The molecule has 3 nitrogen and oxygen atoms in total. The first-order valence-corrected chi connectivity index (χ1v) is 8.33. The zero-order valence-electron chi connectivity index (χ0n) is 12.9. The van der Waals surface area contributed by atoms with Crippen molar-refractivity contribution in [3.05, 3.63) is 0 Å².